The number of allylic oxidation sites excluding steroid dienone is 1. The second kappa shape index (κ2) is 5.56. The fourth-order valence-corrected chi connectivity index (χ4v) is 1.95. The van der Waals surface area contributed by atoms with Crippen LogP contribution in [0.15, 0.2) is 12.0 Å². The summed E-state index contributed by atoms with van der Waals surface area (Å²) in [5.41, 5.74) is 0. The minimum Gasteiger partial charge on any atom is -0.512 e. The van der Waals surface area contributed by atoms with Crippen LogP contribution in [0.3, 0.4) is 0 Å². The Morgan fingerprint density at radius 1 is 1.33 bits per heavy atom. The zero-order valence-electron chi connectivity index (χ0n) is 10.5. The van der Waals surface area contributed by atoms with Crippen LogP contribution in [-0.4, -0.2) is 25.1 Å². The second-order valence-electron chi connectivity index (χ2n) is 5.33. The summed E-state index contributed by atoms with van der Waals surface area (Å²) in [7, 11) is -1.65. The molecular weight excluding hydrogens is 208 g/mol. The van der Waals surface area contributed by atoms with E-state index in [9.17, 15) is 0 Å². The van der Waals surface area contributed by atoms with Crippen LogP contribution in [-0.2, 0) is 4.43 Å². The van der Waals surface area contributed by atoms with E-state index in [2.05, 4.69) is 33.9 Å². The first-order valence-electron chi connectivity index (χ1n) is 5.37. The highest BCUT2D eigenvalue weighted by molar-refractivity contribution is 6.74. The van der Waals surface area contributed by atoms with Crippen molar-refractivity contribution in [2.75, 3.05) is 6.61 Å². The van der Waals surface area contributed by atoms with Crippen LogP contribution in [0, 0.1) is 0 Å². The Balaban J connectivity index is 3.87. The maximum Gasteiger partial charge on any atom is 0.191 e. The van der Waals surface area contributed by atoms with Crippen molar-refractivity contribution < 1.29 is 14.6 Å². The summed E-state index contributed by atoms with van der Waals surface area (Å²) in [4.78, 5) is 0. The Morgan fingerprint density at radius 2 is 1.87 bits per heavy atom. The molecule has 0 atom stereocenters. The number of hydrogen-bond acceptors (Lipinski definition) is 3. The van der Waals surface area contributed by atoms with Gasteiger partial charge in [0.15, 0.2) is 8.32 Å². The van der Waals surface area contributed by atoms with E-state index in [4.69, 9.17) is 14.6 Å². The van der Waals surface area contributed by atoms with Gasteiger partial charge in [-0.3, -0.25) is 0 Å². The smallest absolute Gasteiger partial charge is 0.191 e. The molecule has 0 unspecified atom stereocenters. The van der Waals surface area contributed by atoms with E-state index < -0.39 is 8.32 Å². The van der Waals surface area contributed by atoms with Crippen molar-refractivity contribution in [2.24, 2.45) is 0 Å². The molecule has 0 aromatic carbocycles. The standard InChI is InChI=1S/C11H24O3Si/c1-11(2,3)15(4,5)14-8-6-7-10(13)9-12/h9,12-13H,6-8H2,1-5H3/b10-9-. The number of rotatable bonds is 5. The first-order chi connectivity index (χ1) is 6.70. The van der Waals surface area contributed by atoms with Crippen LogP contribution >= 0.6 is 0 Å². The van der Waals surface area contributed by atoms with Crippen molar-refractivity contribution >= 4 is 8.32 Å². The first kappa shape index (κ1) is 14.5. The third kappa shape index (κ3) is 5.23. The Bertz CT molecular complexity index is 216. The summed E-state index contributed by atoms with van der Waals surface area (Å²) in [5, 5.41) is 17.7. The van der Waals surface area contributed by atoms with Crippen molar-refractivity contribution in [3.63, 3.8) is 0 Å². The van der Waals surface area contributed by atoms with Gasteiger partial charge in [0.25, 0.3) is 0 Å². The van der Waals surface area contributed by atoms with Crippen LogP contribution in [0.5, 0.6) is 0 Å². The van der Waals surface area contributed by atoms with Gasteiger partial charge in [0.2, 0.25) is 0 Å². The number of hydrogen-bond donors (Lipinski definition) is 2. The van der Waals surface area contributed by atoms with Gasteiger partial charge in [0.1, 0.15) is 12.0 Å². The highest BCUT2D eigenvalue weighted by Crippen LogP contribution is 2.36. The lowest BCUT2D eigenvalue weighted by Gasteiger charge is -2.36. The normalized spacial score (nSPS) is 14.3. The molecule has 0 aromatic heterocycles. The van der Waals surface area contributed by atoms with Crippen molar-refractivity contribution in [1.29, 1.82) is 0 Å². The van der Waals surface area contributed by atoms with E-state index in [0.717, 1.165) is 12.7 Å². The molecule has 0 amide bonds. The Morgan fingerprint density at radius 3 is 2.27 bits per heavy atom. The fourth-order valence-electron chi connectivity index (χ4n) is 0.862. The van der Waals surface area contributed by atoms with Gasteiger partial charge in [-0.25, -0.2) is 0 Å². The van der Waals surface area contributed by atoms with Gasteiger partial charge in [0.05, 0.1) is 0 Å². The molecule has 0 aliphatic heterocycles. The summed E-state index contributed by atoms with van der Waals surface area (Å²) >= 11 is 0. The number of aliphatic hydroxyl groups is 2. The molecular formula is C11H24O3Si. The molecule has 0 radical (unpaired) electrons. The molecule has 0 fully saturated rings. The molecule has 0 aromatic rings. The average Bonchev–Trinajstić information content (AvgIpc) is 2.10. The summed E-state index contributed by atoms with van der Waals surface area (Å²) in [6, 6.07) is 0. The number of aliphatic hydroxyl groups excluding tert-OH is 2. The SMILES string of the molecule is CC(C)(C)[Si](C)(C)OCCC/C(O)=C/O. The molecule has 0 spiro atoms. The Kier molecular flexibility index (Phi) is 5.38. The zero-order chi connectivity index (χ0) is 12.1. The van der Waals surface area contributed by atoms with Gasteiger partial charge in [0, 0.05) is 13.0 Å². The Labute approximate surface area is 93.9 Å². The molecule has 0 aliphatic rings. The van der Waals surface area contributed by atoms with Gasteiger partial charge >= 0.3 is 0 Å². The van der Waals surface area contributed by atoms with Gasteiger partial charge in [-0.2, -0.15) is 0 Å². The second-order valence-corrected chi connectivity index (χ2v) is 10.1. The summed E-state index contributed by atoms with van der Waals surface area (Å²) in [5.74, 6) is 0.0221. The lowest BCUT2D eigenvalue weighted by Crippen LogP contribution is -2.40. The van der Waals surface area contributed by atoms with Crippen LogP contribution < -0.4 is 0 Å². The highest BCUT2D eigenvalue weighted by atomic mass is 28.4. The lowest BCUT2D eigenvalue weighted by molar-refractivity contribution is 0.267. The molecule has 0 rings (SSSR count). The fraction of sp³-hybridized carbons (Fsp3) is 0.818. The van der Waals surface area contributed by atoms with Gasteiger partial charge < -0.3 is 14.6 Å². The van der Waals surface area contributed by atoms with Gasteiger partial charge in [-0.1, -0.05) is 20.8 Å². The predicted molar refractivity (Wildman–Crippen MR) is 65.7 cm³/mol. The van der Waals surface area contributed by atoms with Gasteiger partial charge in [-0.05, 0) is 24.6 Å². The monoisotopic (exact) mass is 232 g/mol. The van der Waals surface area contributed by atoms with E-state index in [1.165, 1.54) is 0 Å². The minimum atomic E-state index is -1.65. The quantitative estimate of drug-likeness (QED) is 0.431. The van der Waals surface area contributed by atoms with E-state index >= 15 is 0 Å². The van der Waals surface area contributed by atoms with Crippen LogP contribution in [0.4, 0.5) is 0 Å². The maximum absolute atomic E-state index is 9.01. The zero-order valence-corrected chi connectivity index (χ0v) is 11.5. The van der Waals surface area contributed by atoms with E-state index in [1.807, 2.05) is 0 Å². The molecule has 0 saturated carbocycles. The molecule has 2 N–H and O–H groups in total. The average molecular weight is 232 g/mol. The van der Waals surface area contributed by atoms with Crippen molar-refractivity contribution in [2.45, 2.75) is 51.7 Å². The van der Waals surface area contributed by atoms with Crippen LogP contribution in [0.25, 0.3) is 0 Å². The van der Waals surface area contributed by atoms with Gasteiger partial charge in [-0.15, -0.1) is 0 Å². The van der Waals surface area contributed by atoms with Crippen molar-refractivity contribution in [3.05, 3.63) is 12.0 Å². The third-order valence-corrected chi connectivity index (χ3v) is 7.53. The summed E-state index contributed by atoms with van der Waals surface area (Å²) in [6.45, 7) is 11.6. The van der Waals surface area contributed by atoms with E-state index in [0.29, 0.717) is 13.0 Å². The summed E-state index contributed by atoms with van der Waals surface area (Å²) in [6.07, 6.45) is 1.97. The lowest BCUT2D eigenvalue weighted by atomic mass is 10.2. The van der Waals surface area contributed by atoms with Crippen molar-refractivity contribution in [1.82, 2.24) is 0 Å². The topological polar surface area (TPSA) is 49.7 Å². The van der Waals surface area contributed by atoms with Crippen LogP contribution in [0.1, 0.15) is 33.6 Å². The molecule has 4 heteroatoms. The minimum absolute atomic E-state index is 0.0221. The molecule has 0 bridgehead atoms. The molecule has 0 aliphatic carbocycles. The molecule has 15 heavy (non-hydrogen) atoms. The van der Waals surface area contributed by atoms with Crippen LogP contribution in [0.2, 0.25) is 18.1 Å². The Hall–Kier alpha value is -0.483. The summed E-state index contributed by atoms with van der Waals surface area (Å²) < 4.78 is 5.91. The van der Waals surface area contributed by atoms with E-state index in [-0.39, 0.29) is 10.8 Å². The third-order valence-electron chi connectivity index (χ3n) is 3.00. The first-order valence-corrected chi connectivity index (χ1v) is 8.28. The highest BCUT2D eigenvalue weighted by Gasteiger charge is 2.36. The molecule has 3 nitrogen and oxygen atoms in total. The largest absolute Gasteiger partial charge is 0.512 e. The predicted octanol–water partition coefficient (Wildman–Crippen LogP) is 3.75. The van der Waals surface area contributed by atoms with Crippen molar-refractivity contribution in [3.8, 4) is 0 Å². The van der Waals surface area contributed by atoms with E-state index in [1.54, 1.807) is 0 Å². The molecule has 0 heterocycles. The molecule has 90 valence electrons. The maximum atomic E-state index is 9.01. The molecule has 0 saturated heterocycles.